The third-order valence-electron chi connectivity index (χ3n) is 3.45. The van der Waals surface area contributed by atoms with Crippen molar-refractivity contribution in [3.05, 3.63) is 65.5 Å². The van der Waals surface area contributed by atoms with Crippen molar-refractivity contribution in [3.63, 3.8) is 0 Å². The number of alkyl halides is 1. The van der Waals surface area contributed by atoms with Gasteiger partial charge in [-0.2, -0.15) is 0 Å². The lowest BCUT2D eigenvalue weighted by Crippen LogP contribution is -2.06. The molecule has 0 saturated carbocycles. The Labute approximate surface area is 140 Å². The molecule has 0 fully saturated rings. The molecular formula is C18H21IN2. The molecule has 0 aliphatic carbocycles. The van der Waals surface area contributed by atoms with Crippen molar-refractivity contribution in [3.8, 4) is 0 Å². The second-order valence-electron chi connectivity index (χ2n) is 4.98. The van der Waals surface area contributed by atoms with E-state index in [1.54, 1.807) is 0 Å². The molecule has 110 valence electrons. The van der Waals surface area contributed by atoms with Crippen LogP contribution in [-0.4, -0.2) is 22.2 Å². The van der Waals surface area contributed by atoms with Gasteiger partial charge < -0.3 is 0 Å². The molecule has 0 saturated heterocycles. The molecule has 1 aromatic carbocycles. The van der Waals surface area contributed by atoms with E-state index in [1.165, 1.54) is 16.7 Å². The lowest BCUT2D eigenvalue weighted by molar-refractivity contribution is 0.786. The molecule has 0 bridgehead atoms. The monoisotopic (exact) mass is 392 g/mol. The molecule has 2 rings (SSSR count). The summed E-state index contributed by atoms with van der Waals surface area (Å²) in [5, 5.41) is 0. The summed E-state index contributed by atoms with van der Waals surface area (Å²) in [4.78, 5) is 8.84. The number of aliphatic imine (C=N–C) groups is 1. The Morgan fingerprint density at radius 2 is 2.05 bits per heavy atom. The Morgan fingerprint density at radius 3 is 2.76 bits per heavy atom. The van der Waals surface area contributed by atoms with E-state index in [0.717, 1.165) is 23.8 Å². The highest BCUT2D eigenvalue weighted by molar-refractivity contribution is 14.1. The third kappa shape index (κ3) is 4.63. The van der Waals surface area contributed by atoms with Crippen molar-refractivity contribution in [1.82, 2.24) is 4.98 Å². The predicted molar refractivity (Wildman–Crippen MR) is 98.8 cm³/mol. The maximum Gasteiger partial charge on any atom is 0.0386 e. The van der Waals surface area contributed by atoms with E-state index in [0.29, 0.717) is 5.92 Å². The Balaban J connectivity index is 2.36. The first kappa shape index (κ1) is 16.1. The van der Waals surface area contributed by atoms with Crippen LogP contribution in [0.5, 0.6) is 0 Å². The number of hydrogen-bond donors (Lipinski definition) is 0. The largest absolute Gasteiger partial charge is 0.293 e. The van der Waals surface area contributed by atoms with Crippen molar-refractivity contribution in [1.29, 1.82) is 0 Å². The van der Waals surface area contributed by atoms with Gasteiger partial charge in [0.1, 0.15) is 0 Å². The maximum absolute atomic E-state index is 4.50. The lowest BCUT2D eigenvalue weighted by atomic mass is 9.88. The second kappa shape index (κ2) is 8.93. The van der Waals surface area contributed by atoms with Gasteiger partial charge >= 0.3 is 0 Å². The molecule has 0 N–H and O–H groups in total. The van der Waals surface area contributed by atoms with Crippen molar-refractivity contribution >= 4 is 28.8 Å². The molecule has 3 heteroatoms. The summed E-state index contributed by atoms with van der Waals surface area (Å²) in [5.74, 6) is 0.389. The minimum absolute atomic E-state index is 0.389. The molecule has 1 aromatic heterocycles. The van der Waals surface area contributed by atoms with E-state index < -0.39 is 0 Å². The van der Waals surface area contributed by atoms with E-state index in [1.807, 2.05) is 18.6 Å². The molecule has 0 aliphatic heterocycles. The first-order valence-corrected chi connectivity index (χ1v) is 8.94. The zero-order chi connectivity index (χ0) is 14.9. The number of halogens is 1. The van der Waals surface area contributed by atoms with Gasteiger partial charge in [0.25, 0.3) is 0 Å². The number of pyridine rings is 1. The molecule has 0 radical (unpaired) electrons. The summed E-state index contributed by atoms with van der Waals surface area (Å²) in [6, 6.07) is 12.8. The average molecular weight is 392 g/mol. The first-order valence-electron chi connectivity index (χ1n) is 7.41. The summed E-state index contributed by atoms with van der Waals surface area (Å²) in [7, 11) is 0. The van der Waals surface area contributed by atoms with Gasteiger partial charge in [0.15, 0.2) is 0 Å². The minimum Gasteiger partial charge on any atom is -0.293 e. The number of nitrogens with zero attached hydrogens (tertiary/aromatic N) is 2. The molecule has 2 nitrogen and oxygen atoms in total. The van der Waals surface area contributed by atoms with Gasteiger partial charge in [-0.1, -0.05) is 59.8 Å². The molecule has 21 heavy (non-hydrogen) atoms. The molecule has 0 aliphatic rings. The van der Waals surface area contributed by atoms with Gasteiger partial charge in [-0.25, -0.2) is 0 Å². The molecule has 0 amide bonds. The Hall–Kier alpha value is -1.23. The van der Waals surface area contributed by atoms with Crippen molar-refractivity contribution in [2.75, 3.05) is 11.0 Å². The fourth-order valence-electron chi connectivity index (χ4n) is 2.41. The highest BCUT2D eigenvalue weighted by Gasteiger charge is 2.16. The fraction of sp³-hybridized carbons (Fsp3) is 0.333. The summed E-state index contributed by atoms with van der Waals surface area (Å²) in [6.07, 6.45) is 8.04. The van der Waals surface area contributed by atoms with Crippen LogP contribution in [0, 0.1) is 0 Å². The highest BCUT2D eigenvalue weighted by Crippen LogP contribution is 2.30. The van der Waals surface area contributed by atoms with E-state index >= 15 is 0 Å². The van der Waals surface area contributed by atoms with E-state index in [2.05, 4.69) is 75.9 Å². The SMILES string of the molecule is CCCN=Cc1ccncc1C(CCI)c1ccccc1. The van der Waals surface area contributed by atoms with Crippen LogP contribution in [0.2, 0.25) is 0 Å². The van der Waals surface area contributed by atoms with Gasteiger partial charge in [-0.15, -0.1) is 0 Å². The number of hydrogen-bond acceptors (Lipinski definition) is 2. The minimum atomic E-state index is 0.389. The van der Waals surface area contributed by atoms with Crippen LogP contribution in [0.15, 0.2) is 53.8 Å². The fourth-order valence-corrected chi connectivity index (χ4v) is 3.04. The Kier molecular flexibility index (Phi) is 6.86. The molecular weight excluding hydrogens is 371 g/mol. The summed E-state index contributed by atoms with van der Waals surface area (Å²) < 4.78 is 1.12. The van der Waals surface area contributed by atoms with Crippen molar-refractivity contribution < 1.29 is 0 Å². The molecule has 2 aromatic rings. The van der Waals surface area contributed by atoms with Gasteiger partial charge in [0, 0.05) is 35.5 Å². The topological polar surface area (TPSA) is 25.2 Å². The summed E-state index contributed by atoms with van der Waals surface area (Å²) >= 11 is 2.45. The van der Waals surface area contributed by atoms with Gasteiger partial charge in [0.05, 0.1) is 0 Å². The third-order valence-corrected chi connectivity index (χ3v) is 4.07. The lowest BCUT2D eigenvalue weighted by Gasteiger charge is -2.18. The molecule has 0 spiro atoms. The highest BCUT2D eigenvalue weighted by atomic mass is 127. The molecule has 1 heterocycles. The predicted octanol–water partition coefficient (Wildman–Crippen LogP) is 4.87. The summed E-state index contributed by atoms with van der Waals surface area (Å²) in [6.45, 7) is 3.03. The standard InChI is InChI=1S/C18H21IN2/c1-2-11-20-13-16-9-12-21-14-18(16)17(8-10-19)15-6-4-3-5-7-15/h3-7,9,12-14,17H,2,8,10-11H2,1H3. The van der Waals surface area contributed by atoms with Crippen LogP contribution in [0.4, 0.5) is 0 Å². The smallest absolute Gasteiger partial charge is 0.0386 e. The summed E-state index contributed by atoms with van der Waals surface area (Å²) in [5.41, 5.74) is 3.82. The number of benzene rings is 1. The van der Waals surface area contributed by atoms with Gasteiger partial charge in [-0.05, 0) is 35.6 Å². The van der Waals surface area contributed by atoms with Crippen LogP contribution in [-0.2, 0) is 0 Å². The zero-order valence-corrected chi connectivity index (χ0v) is 14.5. The first-order chi connectivity index (χ1) is 10.4. The Bertz CT molecular complexity index is 566. The van der Waals surface area contributed by atoms with Crippen molar-refractivity contribution in [2.24, 2.45) is 4.99 Å². The average Bonchev–Trinajstić information content (AvgIpc) is 2.54. The van der Waals surface area contributed by atoms with Crippen molar-refractivity contribution in [2.45, 2.75) is 25.7 Å². The zero-order valence-electron chi connectivity index (χ0n) is 12.4. The van der Waals surface area contributed by atoms with Crippen LogP contribution >= 0.6 is 22.6 Å². The van der Waals surface area contributed by atoms with E-state index in [-0.39, 0.29) is 0 Å². The number of rotatable bonds is 7. The van der Waals surface area contributed by atoms with Crippen LogP contribution < -0.4 is 0 Å². The molecule has 1 atom stereocenters. The quantitative estimate of drug-likeness (QED) is 0.375. The van der Waals surface area contributed by atoms with Gasteiger partial charge in [-0.3, -0.25) is 9.98 Å². The Morgan fingerprint density at radius 1 is 1.24 bits per heavy atom. The maximum atomic E-state index is 4.50. The van der Waals surface area contributed by atoms with Crippen LogP contribution in [0.25, 0.3) is 0 Å². The molecule has 1 unspecified atom stereocenters. The van der Waals surface area contributed by atoms with E-state index in [4.69, 9.17) is 0 Å². The van der Waals surface area contributed by atoms with Gasteiger partial charge in [0.2, 0.25) is 0 Å². The van der Waals surface area contributed by atoms with Crippen LogP contribution in [0.1, 0.15) is 42.4 Å². The van der Waals surface area contributed by atoms with Crippen LogP contribution in [0.3, 0.4) is 0 Å². The second-order valence-corrected chi connectivity index (χ2v) is 6.06. The normalized spacial score (nSPS) is 12.7. The van der Waals surface area contributed by atoms with E-state index in [9.17, 15) is 0 Å². The number of aromatic nitrogens is 1.